The molecule has 0 spiro atoms. The molecule has 1 heterocycles. The van der Waals surface area contributed by atoms with Gasteiger partial charge in [-0.15, -0.1) is 0 Å². The Morgan fingerprint density at radius 2 is 2.25 bits per heavy atom. The minimum absolute atomic E-state index is 0.608. The third kappa shape index (κ3) is 1.79. The SMILES string of the molecule is NCCC1COCCN1C1CC1. The van der Waals surface area contributed by atoms with Gasteiger partial charge in [0.2, 0.25) is 0 Å². The van der Waals surface area contributed by atoms with Crippen LogP contribution in [0.4, 0.5) is 0 Å². The molecule has 70 valence electrons. The van der Waals surface area contributed by atoms with Crippen LogP contribution in [0.2, 0.25) is 0 Å². The maximum atomic E-state index is 5.56. The molecule has 0 aromatic rings. The summed E-state index contributed by atoms with van der Waals surface area (Å²) >= 11 is 0. The smallest absolute Gasteiger partial charge is 0.0623 e. The van der Waals surface area contributed by atoms with E-state index < -0.39 is 0 Å². The van der Waals surface area contributed by atoms with Crippen LogP contribution in [0.25, 0.3) is 0 Å². The number of hydrogen-bond donors (Lipinski definition) is 1. The molecule has 1 unspecified atom stereocenters. The first-order valence-corrected chi connectivity index (χ1v) is 4.95. The van der Waals surface area contributed by atoms with Gasteiger partial charge >= 0.3 is 0 Å². The van der Waals surface area contributed by atoms with Crippen molar-refractivity contribution in [1.82, 2.24) is 4.90 Å². The maximum absolute atomic E-state index is 5.56. The molecule has 0 aromatic heterocycles. The third-order valence-electron chi connectivity index (χ3n) is 2.79. The van der Waals surface area contributed by atoms with Crippen molar-refractivity contribution >= 4 is 0 Å². The first-order chi connectivity index (χ1) is 5.92. The Hall–Kier alpha value is -0.120. The van der Waals surface area contributed by atoms with Crippen LogP contribution in [-0.2, 0) is 4.74 Å². The predicted octanol–water partition coefficient (Wildman–Crippen LogP) is 0.198. The highest BCUT2D eigenvalue weighted by molar-refractivity contribution is 4.90. The lowest BCUT2D eigenvalue weighted by Crippen LogP contribution is -2.47. The van der Waals surface area contributed by atoms with Gasteiger partial charge in [0, 0.05) is 18.6 Å². The van der Waals surface area contributed by atoms with Gasteiger partial charge in [0.25, 0.3) is 0 Å². The van der Waals surface area contributed by atoms with Crippen LogP contribution < -0.4 is 5.73 Å². The summed E-state index contributed by atoms with van der Waals surface area (Å²) in [5.41, 5.74) is 5.56. The number of nitrogens with zero attached hydrogens (tertiary/aromatic N) is 1. The van der Waals surface area contributed by atoms with Crippen LogP contribution in [0, 0.1) is 0 Å². The minimum atomic E-state index is 0.608. The second-order valence-corrected chi connectivity index (χ2v) is 3.78. The van der Waals surface area contributed by atoms with E-state index >= 15 is 0 Å². The van der Waals surface area contributed by atoms with Crippen LogP contribution >= 0.6 is 0 Å². The second kappa shape index (κ2) is 3.73. The molecule has 2 rings (SSSR count). The molecular weight excluding hydrogens is 152 g/mol. The predicted molar refractivity (Wildman–Crippen MR) is 48.0 cm³/mol. The van der Waals surface area contributed by atoms with Gasteiger partial charge in [-0.2, -0.15) is 0 Å². The molecule has 2 aliphatic rings. The summed E-state index contributed by atoms with van der Waals surface area (Å²) in [6.45, 7) is 3.72. The standard InChI is InChI=1S/C9H18N2O/c10-4-3-9-7-12-6-5-11(9)8-1-2-8/h8-9H,1-7,10H2. The average Bonchev–Trinajstić information content (AvgIpc) is 2.89. The zero-order valence-electron chi connectivity index (χ0n) is 7.54. The monoisotopic (exact) mass is 170 g/mol. The molecule has 0 aromatic carbocycles. The van der Waals surface area contributed by atoms with Crippen LogP contribution in [-0.4, -0.2) is 43.3 Å². The van der Waals surface area contributed by atoms with Gasteiger partial charge in [0.15, 0.2) is 0 Å². The molecule has 1 saturated carbocycles. The Balaban J connectivity index is 1.87. The molecule has 1 saturated heterocycles. The zero-order chi connectivity index (χ0) is 8.39. The van der Waals surface area contributed by atoms with Crippen molar-refractivity contribution in [1.29, 1.82) is 0 Å². The molecule has 1 aliphatic heterocycles. The summed E-state index contributed by atoms with van der Waals surface area (Å²) in [5, 5.41) is 0. The molecule has 3 heteroatoms. The van der Waals surface area contributed by atoms with Crippen molar-refractivity contribution < 1.29 is 4.74 Å². The molecule has 0 radical (unpaired) electrons. The van der Waals surface area contributed by atoms with E-state index in [9.17, 15) is 0 Å². The molecule has 1 atom stereocenters. The number of hydrogen-bond acceptors (Lipinski definition) is 3. The van der Waals surface area contributed by atoms with Crippen molar-refractivity contribution in [3.8, 4) is 0 Å². The molecule has 2 fully saturated rings. The van der Waals surface area contributed by atoms with Crippen LogP contribution in [0.1, 0.15) is 19.3 Å². The summed E-state index contributed by atoms with van der Waals surface area (Å²) in [6, 6.07) is 1.47. The molecule has 12 heavy (non-hydrogen) atoms. The lowest BCUT2D eigenvalue weighted by molar-refractivity contribution is -0.0137. The summed E-state index contributed by atoms with van der Waals surface area (Å²) in [6.07, 6.45) is 3.87. The van der Waals surface area contributed by atoms with Crippen LogP contribution in [0.3, 0.4) is 0 Å². The lowest BCUT2D eigenvalue weighted by Gasteiger charge is -2.35. The molecule has 3 nitrogen and oxygen atoms in total. The van der Waals surface area contributed by atoms with Crippen molar-refractivity contribution in [3.05, 3.63) is 0 Å². The van der Waals surface area contributed by atoms with Gasteiger partial charge in [-0.3, -0.25) is 4.90 Å². The second-order valence-electron chi connectivity index (χ2n) is 3.78. The first kappa shape index (κ1) is 8.48. The van der Waals surface area contributed by atoms with E-state index in [4.69, 9.17) is 10.5 Å². The van der Waals surface area contributed by atoms with E-state index in [1.807, 2.05) is 0 Å². The van der Waals surface area contributed by atoms with Gasteiger partial charge in [-0.1, -0.05) is 0 Å². The largest absolute Gasteiger partial charge is 0.378 e. The Bertz CT molecular complexity index is 145. The van der Waals surface area contributed by atoms with Gasteiger partial charge in [0.05, 0.1) is 13.2 Å². The Morgan fingerprint density at radius 1 is 1.42 bits per heavy atom. The molecule has 0 amide bonds. The summed E-state index contributed by atoms with van der Waals surface area (Å²) < 4.78 is 5.45. The fourth-order valence-corrected chi connectivity index (χ4v) is 2.00. The van der Waals surface area contributed by atoms with E-state index in [0.717, 1.165) is 38.8 Å². The highest BCUT2D eigenvalue weighted by Gasteiger charge is 2.35. The zero-order valence-corrected chi connectivity index (χ0v) is 7.54. The van der Waals surface area contributed by atoms with E-state index in [-0.39, 0.29) is 0 Å². The highest BCUT2D eigenvalue weighted by atomic mass is 16.5. The molecule has 1 aliphatic carbocycles. The van der Waals surface area contributed by atoms with Gasteiger partial charge in [-0.25, -0.2) is 0 Å². The summed E-state index contributed by atoms with van der Waals surface area (Å²) in [4.78, 5) is 2.59. The molecule has 0 bridgehead atoms. The van der Waals surface area contributed by atoms with Gasteiger partial charge in [0.1, 0.15) is 0 Å². The third-order valence-corrected chi connectivity index (χ3v) is 2.79. The van der Waals surface area contributed by atoms with Crippen molar-refractivity contribution in [2.75, 3.05) is 26.3 Å². The van der Waals surface area contributed by atoms with Crippen LogP contribution in [0.5, 0.6) is 0 Å². The Morgan fingerprint density at radius 3 is 2.92 bits per heavy atom. The summed E-state index contributed by atoms with van der Waals surface area (Å²) in [5.74, 6) is 0. The van der Waals surface area contributed by atoms with Gasteiger partial charge < -0.3 is 10.5 Å². The van der Waals surface area contributed by atoms with E-state index in [0.29, 0.717) is 6.04 Å². The van der Waals surface area contributed by atoms with Crippen LogP contribution in [0.15, 0.2) is 0 Å². The molecule has 2 N–H and O–H groups in total. The van der Waals surface area contributed by atoms with Crippen molar-refractivity contribution in [3.63, 3.8) is 0 Å². The quantitative estimate of drug-likeness (QED) is 0.657. The number of morpholine rings is 1. The normalized spacial score (nSPS) is 32.2. The Kier molecular flexibility index (Phi) is 2.63. The van der Waals surface area contributed by atoms with E-state index in [1.165, 1.54) is 12.8 Å². The molecular formula is C9H18N2O. The van der Waals surface area contributed by atoms with Gasteiger partial charge in [-0.05, 0) is 25.8 Å². The number of rotatable bonds is 3. The van der Waals surface area contributed by atoms with Crippen molar-refractivity contribution in [2.24, 2.45) is 5.73 Å². The maximum Gasteiger partial charge on any atom is 0.0623 e. The fraction of sp³-hybridized carbons (Fsp3) is 1.00. The summed E-state index contributed by atoms with van der Waals surface area (Å²) in [7, 11) is 0. The minimum Gasteiger partial charge on any atom is -0.378 e. The average molecular weight is 170 g/mol. The van der Waals surface area contributed by atoms with Crippen molar-refractivity contribution in [2.45, 2.75) is 31.3 Å². The first-order valence-electron chi connectivity index (χ1n) is 4.95. The fourth-order valence-electron chi connectivity index (χ4n) is 2.00. The highest BCUT2D eigenvalue weighted by Crippen LogP contribution is 2.30. The van der Waals surface area contributed by atoms with E-state index in [2.05, 4.69) is 4.90 Å². The number of nitrogens with two attached hydrogens (primary N) is 1. The lowest BCUT2D eigenvalue weighted by atomic mass is 10.1. The number of ether oxygens (including phenoxy) is 1. The topological polar surface area (TPSA) is 38.5 Å². The Labute approximate surface area is 73.9 Å². The van der Waals surface area contributed by atoms with E-state index in [1.54, 1.807) is 0 Å².